The summed E-state index contributed by atoms with van der Waals surface area (Å²) in [4.78, 5) is 11.5. The summed E-state index contributed by atoms with van der Waals surface area (Å²) in [5.41, 5.74) is 2.97. The second-order valence-corrected chi connectivity index (χ2v) is 6.65. The molecule has 1 aliphatic heterocycles. The van der Waals surface area contributed by atoms with E-state index in [4.69, 9.17) is 4.98 Å². The average molecular weight is 315 g/mol. The van der Waals surface area contributed by atoms with Crippen LogP contribution in [0.2, 0.25) is 0 Å². The Hall–Kier alpha value is -2.87. The highest BCUT2D eigenvalue weighted by Crippen LogP contribution is 2.43. The van der Waals surface area contributed by atoms with E-state index in [-0.39, 0.29) is 0 Å². The number of imidazole rings is 1. The van der Waals surface area contributed by atoms with Crippen molar-refractivity contribution in [3.05, 3.63) is 54.0 Å². The quantitative estimate of drug-likeness (QED) is 0.744. The molecule has 0 spiro atoms. The minimum absolute atomic E-state index is 0.404. The van der Waals surface area contributed by atoms with Gasteiger partial charge in [0.2, 0.25) is 0 Å². The first-order valence-electron chi connectivity index (χ1n) is 8.42. The summed E-state index contributed by atoms with van der Waals surface area (Å²) in [5.74, 6) is 2.66. The molecule has 2 aliphatic rings. The van der Waals surface area contributed by atoms with Crippen LogP contribution in [0.4, 0.5) is 5.82 Å². The average Bonchev–Trinajstić information content (AvgIpc) is 3.36. The number of pyridine rings is 1. The van der Waals surface area contributed by atoms with Crippen molar-refractivity contribution < 1.29 is 0 Å². The minimum atomic E-state index is 0.404. The van der Waals surface area contributed by atoms with Gasteiger partial charge in [0.15, 0.2) is 0 Å². The molecule has 0 N–H and O–H groups in total. The van der Waals surface area contributed by atoms with Gasteiger partial charge in [0.1, 0.15) is 17.7 Å². The molecule has 5 nitrogen and oxygen atoms in total. The lowest BCUT2D eigenvalue weighted by molar-refractivity contribution is 0.395. The molecular weight excluding hydrogens is 298 g/mol. The molecule has 5 heteroatoms. The van der Waals surface area contributed by atoms with Gasteiger partial charge in [-0.25, -0.2) is 9.97 Å². The summed E-state index contributed by atoms with van der Waals surface area (Å²) in [7, 11) is 0. The molecule has 3 aromatic rings. The molecule has 2 fully saturated rings. The molecule has 0 bridgehead atoms. The zero-order chi connectivity index (χ0) is 16.1. The topological polar surface area (TPSA) is 57.7 Å². The normalized spacial score (nSPS) is 17.7. The molecule has 24 heavy (non-hydrogen) atoms. The highest BCUT2D eigenvalue weighted by Gasteiger charge is 2.37. The summed E-state index contributed by atoms with van der Waals surface area (Å²) in [6.07, 6.45) is 4.25. The maximum atomic E-state index is 9.27. The van der Waals surface area contributed by atoms with E-state index in [0.717, 1.165) is 24.4 Å². The lowest BCUT2D eigenvalue weighted by Crippen LogP contribution is -2.48. The number of aromatic nitrogens is 3. The van der Waals surface area contributed by atoms with Crippen molar-refractivity contribution in [1.29, 1.82) is 5.26 Å². The van der Waals surface area contributed by atoms with E-state index >= 15 is 0 Å². The predicted octanol–water partition coefficient (Wildman–Crippen LogP) is 3.24. The molecule has 1 aliphatic carbocycles. The zero-order valence-corrected chi connectivity index (χ0v) is 13.3. The van der Waals surface area contributed by atoms with Gasteiger partial charge < -0.3 is 9.47 Å². The summed E-state index contributed by atoms with van der Waals surface area (Å²) < 4.78 is 2.43. The van der Waals surface area contributed by atoms with Crippen LogP contribution in [0.15, 0.2) is 42.6 Å². The number of hydrogen-bond acceptors (Lipinski definition) is 4. The molecule has 118 valence electrons. The number of fused-ring (bicyclic) bond motifs is 1. The van der Waals surface area contributed by atoms with Crippen molar-refractivity contribution in [1.82, 2.24) is 14.5 Å². The van der Waals surface area contributed by atoms with Gasteiger partial charge in [0.25, 0.3) is 0 Å². The van der Waals surface area contributed by atoms with Crippen LogP contribution in [0, 0.1) is 11.3 Å². The smallest absolute Gasteiger partial charge is 0.146 e. The monoisotopic (exact) mass is 315 g/mol. The van der Waals surface area contributed by atoms with Crippen LogP contribution in [-0.2, 0) is 0 Å². The van der Waals surface area contributed by atoms with E-state index in [2.05, 4.69) is 44.8 Å². The minimum Gasteiger partial charge on any atom is -0.351 e. The maximum Gasteiger partial charge on any atom is 0.146 e. The second kappa shape index (κ2) is 5.07. The summed E-state index contributed by atoms with van der Waals surface area (Å²) in [6, 6.07) is 14.7. The lowest BCUT2D eigenvalue weighted by Gasteiger charge is -2.42. The van der Waals surface area contributed by atoms with Crippen LogP contribution in [0.25, 0.3) is 11.0 Å². The summed E-state index contributed by atoms with van der Waals surface area (Å²) in [5, 5.41) is 9.27. The van der Waals surface area contributed by atoms with Crippen LogP contribution in [0.1, 0.15) is 36.2 Å². The number of anilines is 1. The Kier molecular flexibility index (Phi) is 2.86. The van der Waals surface area contributed by atoms with Gasteiger partial charge in [-0.3, -0.25) is 0 Å². The number of nitrogens with zero attached hydrogens (tertiary/aromatic N) is 5. The summed E-state index contributed by atoms with van der Waals surface area (Å²) >= 11 is 0. The molecule has 1 saturated heterocycles. The van der Waals surface area contributed by atoms with Gasteiger partial charge in [-0.2, -0.15) is 5.26 Å². The largest absolute Gasteiger partial charge is 0.351 e. The van der Waals surface area contributed by atoms with Crippen molar-refractivity contribution in [3.8, 4) is 6.07 Å². The zero-order valence-electron chi connectivity index (χ0n) is 13.3. The second-order valence-electron chi connectivity index (χ2n) is 6.65. The summed E-state index contributed by atoms with van der Waals surface area (Å²) in [6.45, 7) is 1.76. The molecule has 0 amide bonds. The molecule has 0 atom stereocenters. The first kappa shape index (κ1) is 13.6. The molecule has 2 aromatic heterocycles. The van der Waals surface area contributed by atoms with Crippen LogP contribution in [0.5, 0.6) is 0 Å². The Balaban J connectivity index is 1.48. The van der Waals surface area contributed by atoms with Crippen molar-refractivity contribution in [2.24, 2.45) is 0 Å². The Morgan fingerprint density at radius 2 is 1.92 bits per heavy atom. The van der Waals surface area contributed by atoms with Crippen molar-refractivity contribution in [2.45, 2.75) is 24.8 Å². The molecule has 5 rings (SSSR count). The van der Waals surface area contributed by atoms with Crippen LogP contribution >= 0.6 is 0 Å². The molecule has 1 saturated carbocycles. The fourth-order valence-electron chi connectivity index (χ4n) is 3.60. The van der Waals surface area contributed by atoms with Gasteiger partial charge in [-0.15, -0.1) is 0 Å². The van der Waals surface area contributed by atoms with E-state index in [9.17, 15) is 5.26 Å². The first-order chi connectivity index (χ1) is 11.8. The molecular formula is C19H17N5. The third kappa shape index (κ3) is 2.00. The van der Waals surface area contributed by atoms with Crippen LogP contribution < -0.4 is 4.90 Å². The highest BCUT2D eigenvalue weighted by molar-refractivity contribution is 5.76. The SMILES string of the molecule is N#Cc1cccnc1N1CC(n2c(C3CC3)nc3ccccc32)C1. The lowest BCUT2D eigenvalue weighted by atomic mass is 10.1. The number of para-hydroxylation sites is 2. The Labute approximate surface area is 140 Å². The molecule has 0 unspecified atom stereocenters. The molecule has 0 radical (unpaired) electrons. The third-order valence-corrected chi connectivity index (χ3v) is 5.00. The van der Waals surface area contributed by atoms with Crippen molar-refractivity contribution >= 4 is 16.9 Å². The van der Waals surface area contributed by atoms with Crippen molar-refractivity contribution in [2.75, 3.05) is 18.0 Å². The fourth-order valence-corrected chi connectivity index (χ4v) is 3.60. The number of rotatable bonds is 3. The van der Waals surface area contributed by atoms with Gasteiger partial charge in [-0.1, -0.05) is 12.1 Å². The maximum absolute atomic E-state index is 9.27. The van der Waals surface area contributed by atoms with Crippen molar-refractivity contribution in [3.63, 3.8) is 0 Å². The Bertz CT molecular complexity index is 957. The third-order valence-electron chi connectivity index (χ3n) is 5.00. The van der Waals surface area contributed by atoms with Crippen LogP contribution in [-0.4, -0.2) is 27.6 Å². The van der Waals surface area contributed by atoms with E-state index < -0.39 is 0 Å². The van der Waals surface area contributed by atoms with E-state index in [0.29, 0.717) is 17.5 Å². The van der Waals surface area contributed by atoms with Crippen LogP contribution in [0.3, 0.4) is 0 Å². The van der Waals surface area contributed by atoms with Gasteiger partial charge in [0.05, 0.1) is 22.6 Å². The number of hydrogen-bond donors (Lipinski definition) is 0. The Morgan fingerprint density at radius 1 is 1.08 bits per heavy atom. The Morgan fingerprint density at radius 3 is 2.71 bits per heavy atom. The van der Waals surface area contributed by atoms with Gasteiger partial charge in [-0.05, 0) is 37.1 Å². The molecule has 3 heterocycles. The van der Waals surface area contributed by atoms with E-state index in [1.54, 1.807) is 6.20 Å². The van der Waals surface area contributed by atoms with Gasteiger partial charge in [0, 0.05) is 25.2 Å². The van der Waals surface area contributed by atoms with Gasteiger partial charge >= 0.3 is 0 Å². The predicted molar refractivity (Wildman–Crippen MR) is 91.9 cm³/mol. The first-order valence-corrected chi connectivity index (χ1v) is 8.42. The van der Waals surface area contributed by atoms with E-state index in [1.807, 2.05) is 12.1 Å². The number of nitriles is 1. The standard InChI is InChI=1S/C19H17N5/c20-10-14-4-3-9-21-18(14)23-11-15(12-23)24-17-6-2-1-5-16(17)22-19(24)13-7-8-13/h1-6,9,13,15H,7-8,11-12H2. The molecule has 1 aromatic carbocycles. The number of benzene rings is 1. The fraction of sp³-hybridized carbons (Fsp3) is 0.316. The highest BCUT2D eigenvalue weighted by atomic mass is 15.3. The van der Waals surface area contributed by atoms with E-state index in [1.165, 1.54) is 24.2 Å².